The molecule has 1 heterocycles. The molecule has 0 unspecified atom stereocenters. The number of amides is 2. The predicted molar refractivity (Wildman–Crippen MR) is 117 cm³/mol. The summed E-state index contributed by atoms with van der Waals surface area (Å²) in [5.41, 5.74) is 0.679. The van der Waals surface area contributed by atoms with Crippen molar-refractivity contribution < 1.29 is 9.59 Å². The Bertz CT molecular complexity index is 648. The van der Waals surface area contributed by atoms with Crippen LogP contribution in [0.1, 0.15) is 55.8 Å². The van der Waals surface area contributed by atoms with Crippen LogP contribution in [0.25, 0.3) is 0 Å². The van der Waals surface area contributed by atoms with Gasteiger partial charge < -0.3 is 20.9 Å². The van der Waals surface area contributed by atoms with Crippen LogP contribution in [0.3, 0.4) is 0 Å². The summed E-state index contributed by atoms with van der Waals surface area (Å²) in [4.78, 5) is 30.6. The van der Waals surface area contributed by atoms with Gasteiger partial charge in [-0.15, -0.1) is 0 Å². The number of guanidine groups is 1. The maximum atomic E-state index is 12.0. The third-order valence-corrected chi connectivity index (χ3v) is 4.84. The van der Waals surface area contributed by atoms with Crippen LogP contribution < -0.4 is 16.0 Å². The molecule has 1 aliphatic rings. The van der Waals surface area contributed by atoms with Gasteiger partial charge in [0.25, 0.3) is 5.91 Å². The number of nitrogens with one attached hydrogen (secondary N) is 3. The Morgan fingerprint density at radius 3 is 2.62 bits per heavy atom. The van der Waals surface area contributed by atoms with Crippen molar-refractivity contribution in [3.8, 4) is 0 Å². The summed E-state index contributed by atoms with van der Waals surface area (Å²) < 4.78 is 0. The molecule has 0 aliphatic carbocycles. The van der Waals surface area contributed by atoms with Crippen molar-refractivity contribution in [2.24, 2.45) is 4.99 Å². The van der Waals surface area contributed by atoms with Crippen molar-refractivity contribution in [1.29, 1.82) is 0 Å². The van der Waals surface area contributed by atoms with E-state index in [1.807, 2.05) is 42.2 Å². The molecule has 3 N–H and O–H groups in total. The lowest BCUT2D eigenvalue weighted by atomic mass is 10.2. The zero-order valence-electron chi connectivity index (χ0n) is 17.6. The van der Waals surface area contributed by atoms with E-state index in [4.69, 9.17) is 0 Å². The summed E-state index contributed by atoms with van der Waals surface area (Å²) in [6.45, 7) is 6.52. The van der Waals surface area contributed by atoms with Gasteiger partial charge in [0.05, 0.1) is 0 Å². The maximum absolute atomic E-state index is 12.0. The first-order valence-corrected chi connectivity index (χ1v) is 10.8. The molecule has 0 spiro atoms. The van der Waals surface area contributed by atoms with Crippen molar-refractivity contribution in [2.45, 2.75) is 45.4 Å². The van der Waals surface area contributed by atoms with Gasteiger partial charge in [0.2, 0.25) is 5.91 Å². The SMILES string of the molecule is CCNC(=NCCCN1CCCCCC1=O)NCCCNC(=O)c1ccccc1. The number of rotatable bonds is 10. The van der Waals surface area contributed by atoms with Crippen LogP contribution in [0.15, 0.2) is 35.3 Å². The molecule has 1 aromatic rings. The van der Waals surface area contributed by atoms with Crippen molar-refractivity contribution >= 4 is 17.8 Å². The molecule has 0 bridgehead atoms. The van der Waals surface area contributed by atoms with E-state index in [1.54, 1.807) is 0 Å². The van der Waals surface area contributed by atoms with Gasteiger partial charge in [-0.3, -0.25) is 14.6 Å². The lowest BCUT2D eigenvalue weighted by molar-refractivity contribution is -0.130. The summed E-state index contributed by atoms with van der Waals surface area (Å²) in [7, 11) is 0. The normalized spacial score (nSPS) is 15.0. The molecular weight excluding hydrogens is 366 g/mol. The Balaban J connectivity index is 1.62. The lowest BCUT2D eigenvalue weighted by Crippen LogP contribution is -2.39. The van der Waals surface area contributed by atoms with E-state index < -0.39 is 0 Å². The second-order valence-corrected chi connectivity index (χ2v) is 7.21. The molecule has 0 radical (unpaired) electrons. The highest BCUT2D eigenvalue weighted by molar-refractivity contribution is 5.94. The van der Waals surface area contributed by atoms with Crippen molar-refractivity contribution in [2.75, 3.05) is 39.3 Å². The molecule has 0 saturated carbocycles. The molecule has 7 heteroatoms. The van der Waals surface area contributed by atoms with Gasteiger partial charge in [0.15, 0.2) is 5.96 Å². The van der Waals surface area contributed by atoms with Crippen LogP contribution in [-0.4, -0.2) is 61.9 Å². The van der Waals surface area contributed by atoms with Gasteiger partial charge in [-0.05, 0) is 44.7 Å². The Morgan fingerprint density at radius 2 is 1.83 bits per heavy atom. The number of hydrogen-bond acceptors (Lipinski definition) is 3. The molecular formula is C22H35N5O2. The quantitative estimate of drug-likeness (QED) is 0.319. The fourth-order valence-corrected chi connectivity index (χ4v) is 3.26. The van der Waals surface area contributed by atoms with Gasteiger partial charge in [-0.1, -0.05) is 24.6 Å². The summed E-state index contributed by atoms with van der Waals surface area (Å²) in [5, 5.41) is 9.46. The fraction of sp³-hybridized carbons (Fsp3) is 0.591. The molecule has 1 aliphatic heterocycles. The van der Waals surface area contributed by atoms with E-state index >= 15 is 0 Å². The first-order valence-electron chi connectivity index (χ1n) is 10.8. The molecule has 1 aromatic carbocycles. The number of likely N-dealkylation sites (tertiary alicyclic amines) is 1. The number of nitrogens with zero attached hydrogens (tertiary/aromatic N) is 2. The second-order valence-electron chi connectivity index (χ2n) is 7.21. The first kappa shape index (κ1) is 22.7. The average molecular weight is 402 g/mol. The van der Waals surface area contributed by atoms with Gasteiger partial charge in [-0.25, -0.2) is 0 Å². The van der Waals surface area contributed by atoms with E-state index in [0.717, 1.165) is 64.2 Å². The minimum atomic E-state index is -0.0470. The smallest absolute Gasteiger partial charge is 0.251 e. The average Bonchev–Trinajstić information content (AvgIpc) is 2.95. The van der Waals surface area contributed by atoms with Gasteiger partial charge >= 0.3 is 0 Å². The number of hydrogen-bond donors (Lipinski definition) is 3. The van der Waals surface area contributed by atoms with E-state index in [0.29, 0.717) is 25.1 Å². The van der Waals surface area contributed by atoms with Gasteiger partial charge in [-0.2, -0.15) is 0 Å². The molecule has 2 amide bonds. The predicted octanol–water partition coefficient (Wildman–Crippen LogP) is 2.15. The Labute approximate surface area is 174 Å². The summed E-state index contributed by atoms with van der Waals surface area (Å²) >= 11 is 0. The highest BCUT2D eigenvalue weighted by Gasteiger charge is 2.15. The summed E-state index contributed by atoms with van der Waals surface area (Å²) in [6.07, 6.45) is 5.66. The maximum Gasteiger partial charge on any atom is 0.251 e. The Kier molecular flexibility index (Phi) is 10.6. The van der Waals surface area contributed by atoms with Crippen LogP contribution in [0, 0.1) is 0 Å². The number of carbonyl (C=O) groups is 2. The molecule has 0 aromatic heterocycles. The largest absolute Gasteiger partial charge is 0.357 e. The van der Waals surface area contributed by atoms with Crippen LogP contribution in [0.5, 0.6) is 0 Å². The van der Waals surface area contributed by atoms with E-state index in [-0.39, 0.29) is 11.8 Å². The first-order chi connectivity index (χ1) is 14.2. The molecule has 160 valence electrons. The number of benzene rings is 1. The molecule has 2 rings (SSSR count). The molecule has 7 nitrogen and oxygen atoms in total. The standard InChI is InChI=1S/C22H35N5O2/c1-2-23-22(26-16-10-18-27-17-8-4-7-13-20(27)28)25-15-9-14-24-21(29)19-11-5-3-6-12-19/h3,5-6,11-12H,2,4,7-10,13-18H2,1H3,(H,24,29)(H2,23,25,26). The summed E-state index contributed by atoms with van der Waals surface area (Å²) in [5.74, 6) is 1.02. The van der Waals surface area contributed by atoms with Crippen molar-refractivity contribution in [3.05, 3.63) is 35.9 Å². The van der Waals surface area contributed by atoms with Gasteiger partial charge in [0.1, 0.15) is 0 Å². The van der Waals surface area contributed by atoms with Crippen LogP contribution >= 0.6 is 0 Å². The topological polar surface area (TPSA) is 85.8 Å². The lowest BCUT2D eigenvalue weighted by Gasteiger charge is -2.20. The third-order valence-electron chi connectivity index (χ3n) is 4.84. The number of aliphatic imine (C=N–C) groups is 1. The minimum Gasteiger partial charge on any atom is -0.357 e. The fourth-order valence-electron chi connectivity index (χ4n) is 3.26. The third kappa shape index (κ3) is 8.98. The highest BCUT2D eigenvalue weighted by Crippen LogP contribution is 2.11. The zero-order valence-corrected chi connectivity index (χ0v) is 17.6. The molecule has 1 fully saturated rings. The van der Waals surface area contributed by atoms with Crippen molar-refractivity contribution in [3.63, 3.8) is 0 Å². The number of carbonyl (C=O) groups excluding carboxylic acids is 2. The Morgan fingerprint density at radius 1 is 1.03 bits per heavy atom. The van der Waals surface area contributed by atoms with E-state index in [9.17, 15) is 9.59 Å². The summed E-state index contributed by atoms with van der Waals surface area (Å²) in [6, 6.07) is 9.23. The van der Waals surface area contributed by atoms with Crippen molar-refractivity contribution in [1.82, 2.24) is 20.9 Å². The molecule has 29 heavy (non-hydrogen) atoms. The van der Waals surface area contributed by atoms with Gasteiger partial charge in [0, 0.05) is 51.3 Å². The van der Waals surface area contributed by atoms with Crippen LogP contribution in [-0.2, 0) is 4.79 Å². The monoisotopic (exact) mass is 401 g/mol. The molecule has 1 saturated heterocycles. The zero-order chi connectivity index (χ0) is 20.7. The minimum absolute atomic E-state index is 0.0470. The van der Waals surface area contributed by atoms with E-state index in [1.165, 1.54) is 0 Å². The van der Waals surface area contributed by atoms with E-state index in [2.05, 4.69) is 20.9 Å². The van der Waals surface area contributed by atoms with Crippen LogP contribution in [0.4, 0.5) is 0 Å². The second kappa shape index (κ2) is 13.6. The Hall–Kier alpha value is -2.57. The molecule has 0 atom stereocenters. The highest BCUT2D eigenvalue weighted by atomic mass is 16.2. The van der Waals surface area contributed by atoms with Crippen LogP contribution in [0.2, 0.25) is 0 Å².